The third-order valence-electron chi connectivity index (χ3n) is 4.08. The summed E-state index contributed by atoms with van der Waals surface area (Å²) in [5, 5.41) is 1.47. The van der Waals surface area contributed by atoms with Gasteiger partial charge in [-0.05, 0) is 42.3 Å². The molecule has 0 saturated carbocycles. The van der Waals surface area contributed by atoms with Crippen molar-refractivity contribution in [1.29, 1.82) is 0 Å². The van der Waals surface area contributed by atoms with Gasteiger partial charge in [0.25, 0.3) is 0 Å². The average molecular weight is 310 g/mol. The van der Waals surface area contributed by atoms with Crippen LogP contribution in [0.4, 0.5) is 0 Å². The molecule has 0 unspecified atom stereocenters. The maximum atomic E-state index is 12.9. The lowest BCUT2D eigenvalue weighted by atomic mass is 10.0. The minimum Gasteiger partial charge on any atom is -0.223 e. The molecule has 0 aromatic heterocycles. The molecule has 22 heavy (non-hydrogen) atoms. The van der Waals surface area contributed by atoms with Crippen molar-refractivity contribution < 1.29 is 8.42 Å². The van der Waals surface area contributed by atoms with Gasteiger partial charge >= 0.3 is 0 Å². The third-order valence-corrected chi connectivity index (χ3v) is 6.19. The zero-order valence-electron chi connectivity index (χ0n) is 12.7. The van der Waals surface area contributed by atoms with E-state index in [1.165, 1.54) is 0 Å². The second-order valence-corrected chi connectivity index (χ2v) is 7.84. The molecule has 3 rings (SSSR count). The number of fused-ring (bicyclic) bond motifs is 1. The van der Waals surface area contributed by atoms with Crippen molar-refractivity contribution in [2.24, 2.45) is 0 Å². The Morgan fingerprint density at radius 1 is 0.818 bits per heavy atom. The lowest BCUT2D eigenvalue weighted by Gasteiger charge is -2.16. The quantitative estimate of drug-likeness (QED) is 0.703. The van der Waals surface area contributed by atoms with Gasteiger partial charge in [0.15, 0.2) is 9.84 Å². The molecule has 3 aromatic carbocycles. The van der Waals surface area contributed by atoms with Gasteiger partial charge in [-0.15, -0.1) is 0 Å². The number of aryl methyl sites for hydroxylation is 1. The average Bonchev–Trinajstić information content (AvgIpc) is 2.54. The molecule has 112 valence electrons. The minimum atomic E-state index is -3.40. The molecule has 0 aliphatic heterocycles. The molecule has 0 N–H and O–H groups in total. The fourth-order valence-corrected chi connectivity index (χ4v) is 4.17. The zero-order chi connectivity index (χ0) is 15.7. The highest BCUT2D eigenvalue weighted by Gasteiger charge is 2.25. The van der Waals surface area contributed by atoms with E-state index in [9.17, 15) is 8.42 Å². The Kier molecular flexibility index (Phi) is 3.75. The molecule has 0 heterocycles. The van der Waals surface area contributed by atoms with Crippen LogP contribution in [0.2, 0.25) is 0 Å². The number of hydrogen-bond donors (Lipinski definition) is 0. The van der Waals surface area contributed by atoms with Gasteiger partial charge in [0.2, 0.25) is 0 Å². The Morgan fingerprint density at radius 3 is 2.18 bits per heavy atom. The Morgan fingerprint density at radius 2 is 1.45 bits per heavy atom. The first-order valence-corrected chi connectivity index (χ1v) is 8.83. The second kappa shape index (κ2) is 5.58. The van der Waals surface area contributed by atoms with Gasteiger partial charge in [0, 0.05) is 0 Å². The van der Waals surface area contributed by atoms with Crippen LogP contribution in [0.15, 0.2) is 71.6 Å². The van der Waals surface area contributed by atoms with Crippen LogP contribution in [0, 0.1) is 6.92 Å². The summed E-state index contributed by atoms with van der Waals surface area (Å²) in [4.78, 5) is 0.374. The summed E-state index contributed by atoms with van der Waals surface area (Å²) in [6.45, 7) is 3.71. The topological polar surface area (TPSA) is 34.1 Å². The lowest BCUT2D eigenvalue weighted by Crippen LogP contribution is -2.11. The summed E-state index contributed by atoms with van der Waals surface area (Å²) >= 11 is 0. The van der Waals surface area contributed by atoms with Crippen molar-refractivity contribution in [2.75, 3.05) is 0 Å². The fourth-order valence-electron chi connectivity index (χ4n) is 2.70. The summed E-state index contributed by atoms with van der Waals surface area (Å²) in [6.07, 6.45) is 0. The van der Waals surface area contributed by atoms with E-state index in [0.29, 0.717) is 4.90 Å². The SMILES string of the molecule is Cc1ccc(S(=O)(=O)[C@@H](C)c2cccc3ccccc23)cc1. The molecule has 0 aliphatic carbocycles. The number of rotatable bonds is 3. The normalized spacial score (nSPS) is 13.2. The number of sulfone groups is 1. The molecule has 0 bridgehead atoms. The van der Waals surface area contributed by atoms with Gasteiger partial charge in [-0.25, -0.2) is 8.42 Å². The third kappa shape index (κ3) is 2.53. The molecule has 1 atom stereocenters. The Bertz CT molecular complexity index is 904. The lowest BCUT2D eigenvalue weighted by molar-refractivity contribution is 0.586. The summed E-state index contributed by atoms with van der Waals surface area (Å²) in [5.41, 5.74) is 1.90. The van der Waals surface area contributed by atoms with Crippen molar-refractivity contribution in [3.63, 3.8) is 0 Å². The zero-order valence-corrected chi connectivity index (χ0v) is 13.5. The van der Waals surface area contributed by atoms with Crippen LogP contribution in [0.5, 0.6) is 0 Å². The van der Waals surface area contributed by atoms with Crippen LogP contribution in [0.3, 0.4) is 0 Å². The molecule has 0 spiro atoms. The van der Waals surface area contributed by atoms with Crippen molar-refractivity contribution in [2.45, 2.75) is 24.0 Å². The molecule has 0 radical (unpaired) electrons. The van der Waals surface area contributed by atoms with Gasteiger partial charge in [-0.1, -0.05) is 60.2 Å². The van der Waals surface area contributed by atoms with Gasteiger partial charge in [0.1, 0.15) is 0 Å². The molecule has 0 fully saturated rings. The Hall–Kier alpha value is -2.13. The minimum absolute atomic E-state index is 0.374. The first-order chi connectivity index (χ1) is 10.5. The largest absolute Gasteiger partial charge is 0.223 e. The standard InChI is InChI=1S/C19H18O2S/c1-14-10-12-17(13-11-14)22(20,21)15(2)18-9-5-7-16-6-3-4-8-19(16)18/h3-13,15H,1-2H3/t15-/m0/s1. The molecule has 3 heteroatoms. The molecule has 0 aliphatic rings. The van der Waals surface area contributed by atoms with Gasteiger partial charge < -0.3 is 0 Å². The monoisotopic (exact) mass is 310 g/mol. The van der Waals surface area contributed by atoms with Crippen molar-refractivity contribution >= 4 is 20.6 Å². The van der Waals surface area contributed by atoms with E-state index in [1.807, 2.05) is 61.5 Å². The maximum Gasteiger partial charge on any atom is 0.185 e. The summed E-state index contributed by atoms with van der Waals surface area (Å²) in [6, 6.07) is 20.8. The van der Waals surface area contributed by atoms with Crippen LogP contribution in [-0.2, 0) is 9.84 Å². The number of hydrogen-bond acceptors (Lipinski definition) is 2. The van der Waals surface area contributed by atoms with E-state index in [4.69, 9.17) is 0 Å². The number of benzene rings is 3. The second-order valence-electron chi connectivity index (χ2n) is 5.57. The van der Waals surface area contributed by atoms with E-state index < -0.39 is 15.1 Å². The van der Waals surface area contributed by atoms with E-state index in [-0.39, 0.29) is 0 Å². The highest BCUT2D eigenvalue weighted by Crippen LogP contribution is 2.33. The summed E-state index contributed by atoms with van der Waals surface area (Å²) in [7, 11) is -3.40. The van der Waals surface area contributed by atoms with E-state index in [1.54, 1.807) is 19.1 Å². The van der Waals surface area contributed by atoms with Crippen LogP contribution < -0.4 is 0 Å². The van der Waals surface area contributed by atoms with Crippen molar-refractivity contribution in [3.8, 4) is 0 Å². The summed E-state index contributed by atoms with van der Waals surface area (Å²) in [5.74, 6) is 0. The Labute approximate surface area is 131 Å². The van der Waals surface area contributed by atoms with Gasteiger partial charge in [0.05, 0.1) is 10.1 Å². The highest BCUT2D eigenvalue weighted by molar-refractivity contribution is 7.91. The molecule has 0 amide bonds. The fraction of sp³-hybridized carbons (Fsp3) is 0.158. The molecular weight excluding hydrogens is 292 g/mol. The van der Waals surface area contributed by atoms with Crippen LogP contribution in [-0.4, -0.2) is 8.42 Å². The Balaban J connectivity index is 2.12. The van der Waals surface area contributed by atoms with Crippen LogP contribution >= 0.6 is 0 Å². The van der Waals surface area contributed by atoms with E-state index in [2.05, 4.69) is 0 Å². The van der Waals surface area contributed by atoms with E-state index in [0.717, 1.165) is 21.9 Å². The van der Waals surface area contributed by atoms with Crippen molar-refractivity contribution in [3.05, 3.63) is 77.9 Å². The maximum absolute atomic E-state index is 12.9. The first-order valence-electron chi connectivity index (χ1n) is 7.28. The smallest absolute Gasteiger partial charge is 0.185 e. The predicted octanol–water partition coefficient (Wildman–Crippen LogP) is 4.68. The first kappa shape index (κ1) is 14.8. The molecule has 2 nitrogen and oxygen atoms in total. The van der Waals surface area contributed by atoms with Gasteiger partial charge in [-0.3, -0.25) is 0 Å². The molecule has 0 saturated heterocycles. The van der Waals surface area contributed by atoms with Crippen LogP contribution in [0.25, 0.3) is 10.8 Å². The van der Waals surface area contributed by atoms with Gasteiger partial charge in [-0.2, -0.15) is 0 Å². The van der Waals surface area contributed by atoms with Crippen LogP contribution in [0.1, 0.15) is 23.3 Å². The molecular formula is C19H18O2S. The predicted molar refractivity (Wildman–Crippen MR) is 90.7 cm³/mol. The highest BCUT2D eigenvalue weighted by atomic mass is 32.2. The van der Waals surface area contributed by atoms with Crippen molar-refractivity contribution in [1.82, 2.24) is 0 Å². The summed E-state index contributed by atoms with van der Waals surface area (Å²) < 4.78 is 25.8. The molecule has 3 aromatic rings. The van der Waals surface area contributed by atoms with E-state index >= 15 is 0 Å².